The van der Waals surface area contributed by atoms with Crippen LogP contribution in [0.15, 0.2) is 18.2 Å². The Morgan fingerprint density at radius 1 is 1.15 bits per heavy atom. The van der Waals surface area contributed by atoms with Crippen molar-refractivity contribution < 1.29 is 0 Å². The molecule has 0 saturated heterocycles. The Labute approximate surface area is 77.1 Å². The second-order valence-electron chi connectivity index (χ2n) is 3.50. The zero-order valence-electron chi connectivity index (χ0n) is 7.38. The summed E-state index contributed by atoms with van der Waals surface area (Å²) in [6, 6.07) is 4.43. The van der Waals surface area contributed by atoms with Gasteiger partial charge in [-0.15, -0.1) is 0 Å². The molecule has 0 atom stereocenters. The van der Waals surface area contributed by atoms with E-state index in [1.54, 1.807) is 0 Å². The summed E-state index contributed by atoms with van der Waals surface area (Å²) in [5.74, 6) is 0. The average Bonchev–Trinajstić information content (AvgIpc) is 2.65. The monoisotopic (exact) mass is 169 g/mol. The van der Waals surface area contributed by atoms with Gasteiger partial charge in [0.05, 0.1) is 0 Å². The molecule has 0 unspecified atom stereocenters. The topological polar surface area (TPSA) is 12.0 Å². The zero-order valence-corrected chi connectivity index (χ0v) is 7.38. The summed E-state index contributed by atoms with van der Waals surface area (Å²) < 4.78 is 0. The lowest BCUT2D eigenvalue weighted by Gasteiger charge is -2.12. The molecule has 0 saturated carbocycles. The molecule has 1 aliphatic heterocycles. The summed E-state index contributed by atoms with van der Waals surface area (Å²) in [5.41, 5.74) is 2.86. The number of benzene rings is 1. The van der Waals surface area contributed by atoms with Gasteiger partial charge in [0, 0.05) is 13.1 Å². The van der Waals surface area contributed by atoms with Gasteiger partial charge in [-0.05, 0) is 21.6 Å². The first-order valence-corrected chi connectivity index (χ1v) is 4.66. The first-order valence-electron chi connectivity index (χ1n) is 4.66. The number of hydrogen-bond donors (Lipinski definition) is 1. The molecule has 1 aromatic rings. The summed E-state index contributed by atoms with van der Waals surface area (Å²) in [5, 5.41) is 6.12. The Morgan fingerprint density at radius 2 is 2.08 bits per heavy atom. The van der Waals surface area contributed by atoms with Gasteiger partial charge in [0.2, 0.25) is 0 Å². The highest BCUT2D eigenvalue weighted by atomic mass is 14.8. The number of fused-ring (bicyclic) bond motifs is 3. The molecule has 1 nitrogen and oxygen atoms in total. The van der Waals surface area contributed by atoms with E-state index in [-0.39, 0.29) is 0 Å². The van der Waals surface area contributed by atoms with Gasteiger partial charge >= 0.3 is 0 Å². The maximum atomic E-state index is 3.37. The summed E-state index contributed by atoms with van der Waals surface area (Å²) >= 11 is 0. The minimum atomic E-state index is 0.999. The van der Waals surface area contributed by atoms with Crippen LogP contribution >= 0.6 is 0 Å². The van der Waals surface area contributed by atoms with Crippen LogP contribution in [0.2, 0.25) is 0 Å². The fraction of sp³-hybridized carbons (Fsp3) is 0.167. The highest BCUT2D eigenvalue weighted by Crippen LogP contribution is 2.07. The van der Waals surface area contributed by atoms with Crippen LogP contribution in [0.3, 0.4) is 0 Å². The van der Waals surface area contributed by atoms with E-state index in [1.165, 1.54) is 21.6 Å². The molecule has 0 amide bonds. The molecule has 0 fully saturated rings. The third-order valence-electron chi connectivity index (χ3n) is 2.73. The fourth-order valence-electron chi connectivity index (χ4n) is 2.06. The Balaban J connectivity index is 2.43. The number of hydrogen-bond acceptors (Lipinski definition) is 1. The first-order chi connectivity index (χ1) is 6.45. The Hall–Kier alpha value is -1.34. The predicted molar refractivity (Wildman–Crippen MR) is 55.4 cm³/mol. The molecule has 0 aromatic heterocycles. The van der Waals surface area contributed by atoms with Gasteiger partial charge in [-0.2, -0.15) is 0 Å². The third kappa shape index (κ3) is 0.973. The van der Waals surface area contributed by atoms with Crippen LogP contribution in [0.4, 0.5) is 0 Å². The van der Waals surface area contributed by atoms with E-state index in [0.717, 1.165) is 13.1 Å². The average molecular weight is 169 g/mol. The summed E-state index contributed by atoms with van der Waals surface area (Å²) in [4.78, 5) is 0. The van der Waals surface area contributed by atoms with Gasteiger partial charge in [-0.25, -0.2) is 0 Å². The van der Waals surface area contributed by atoms with Crippen LogP contribution in [-0.4, -0.2) is 6.54 Å². The number of allylic oxidation sites excluding steroid dienone is 1. The molecule has 3 rings (SSSR count). The molecule has 0 spiro atoms. The lowest BCUT2D eigenvalue weighted by atomic mass is 10.0. The van der Waals surface area contributed by atoms with Crippen LogP contribution in [-0.2, 0) is 6.54 Å². The smallest absolute Gasteiger partial charge is 0.0220 e. The molecule has 1 aliphatic carbocycles. The van der Waals surface area contributed by atoms with Crippen molar-refractivity contribution in [1.29, 1.82) is 0 Å². The van der Waals surface area contributed by atoms with E-state index in [9.17, 15) is 0 Å². The van der Waals surface area contributed by atoms with E-state index < -0.39 is 0 Å². The number of nitrogens with one attached hydrogen (secondary N) is 1. The molecule has 64 valence electrons. The maximum absolute atomic E-state index is 3.37. The highest BCUT2D eigenvalue weighted by Gasteiger charge is 2.07. The van der Waals surface area contributed by atoms with E-state index in [4.69, 9.17) is 0 Å². The molecule has 1 aromatic carbocycles. The van der Waals surface area contributed by atoms with Gasteiger partial charge in [-0.3, -0.25) is 0 Å². The van der Waals surface area contributed by atoms with Crippen molar-refractivity contribution in [2.75, 3.05) is 6.54 Å². The normalized spacial score (nSPS) is 17.2. The van der Waals surface area contributed by atoms with Crippen molar-refractivity contribution in [1.82, 2.24) is 5.32 Å². The van der Waals surface area contributed by atoms with Gasteiger partial charge in [-0.1, -0.05) is 36.4 Å². The first kappa shape index (κ1) is 7.10. The zero-order chi connectivity index (χ0) is 8.67. The Morgan fingerprint density at radius 3 is 3.08 bits per heavy atom. The van der Waals surface area contributed by atoms with Crippen LogP contribution < -0.4 is 15.8 Å². The van der Waals surface area contributed by atoms with Crippen molar-refractivity contribution >= 4 is 18.2 Å². The lowest BCUT2D eigenvalue weighted by molar-refractivity contribution is 0.752. The third-order valence-corrected chi connectivity index (χ3v) is 2.73. The summed E-state index contributed by atoms with van der Waals surface area (Å²) in [6.07, 6.45) is 8.75. The van der Waals surface area contributed by atoms with E-state index >= 15 is 0 Å². The predicted octanol–water partition coefficient (Wildman–Crippen LogP) is 0.378. The molecule has 0 radical (unpaired) electrons. The minimum absolute atomic E-state index is 0.999. The second kappa shape index (κ2) is 2.57. The molecular weight excluding hydrogens is 158 g/mol. The van der Waals surface area contributed by atoms with Crippen LogP contribution in [0.1, 0.15) is 11.1 Å². The van der Waals surface area contributed by atoms with E-state index in [0.29, 0.717) is 0 Å². The number of rotatable bonds is 0. The Kier molecular flexibility index (Phi) is 1.41. The maximum Gasteiger partial charge on any atom is 0.0220 e. The largest absolute Gasteiger partial charge is 0.309 e. The molecule has 1 heteroatoms. The molecule has 2 aliphatic rings. The quantitative estimate of drug-likeness (QED) is 0.592. The molecule has 1 heterocycles. The standard InChI is InChI=1S/C12H11N/c1-2-9-4-5-10-6-7-13-8-12(10)11(9)3-1/h1-6,13H,7-8H2. The fourth-order valence-corrected chi connectivity index (χ4v) is 2.06. The molecule has 13 heavy (non-hydrogen) atoms. The van der Waals surface area contributed by atoms with E-state index in [2.05, 4.69) is 41.8 Å². The van der Waals surface area contributed by atoms with Crippen molar-refractivity contribution in [3.8, 4) is 0 Å². The Bertz CT molecular complexity index is 495. The minimum Gasteiger partial charge on any atom is -0.309 e. The van der Waals surface area contributed by atoms with Crippen molar-refractivity contribution in [3.05, 3.63) is 39.8 Å². The summed E-state index contributed by atoms with van der Waals surface area (Å²) in [7, 11) is 0. The van der Waals surface area contributed by atoms with Gasteiger partial charge < -0.3 is 5.32 Å². The van der Waals surface area contributed by atoms with Gasteiger partial charge in [0.15, 0.2) is 0 Å². The molecule has 1 N–H and O–H groups in total. The van der Waals surface area contributed by atoms with Crippen molar-refractivity contribution in [2.45, 2.75) is 6.54 Å². The lowest BCUT2D eigenvalue weighted by Crippen LogP contribution is -2.30. The molecular formula is C12H11N. The highest BCUT2D eigenvalue weighted by molar-refractivity contribution is 5.69. The van der Waals surface area contributed by atoms with Crippen molar-refractivity contribution in [3.63, 3.8) is 0 Å². The van der Waals surface area contributed by atoms with Crippen LogP contribution in [0.25, 0.3) is 18.2 Å². The SMILES string of the molecule is C1=Cc2c3c(ccc2=C1)=CCNC3. The van der Waals surface area contributed by atoms with Crippen LogP contribution in [0.5, 0.6) is 0 Å². The van der Waals surface area contributed by atoms with E-state index in [1.807, 2.05) is 0 Å². The van der Waals surface area contributed by atoms with Gasteiger partial charge in [0.1, 0.15) is 0 Å². The van der Waals surface area contributed by atoms with Gasteiger partial charge in [0.25, 0.3) is 0 Å². The van der Waals surface area contributed by atoms with Crippen LogP contribution in [0, 0.1) is 0 Å². The summed E-state index contributed by atoms with van der Waals surface area (Å²) in [6.45, 7) is 2.01. The second-order valence-corrected chi connectivity index (χ2v) is 3.50. The van der Waals surface area contributed by atoms with Crippen molar-refractivity contribution in [2.24, 2.45) is 0 Å². The molecule has 0 bridgehead atoms.